The molecule has 0 saturated heterocycles. The molecule has 1 rings (SSSR count). The van der Waals surface area contributed by atoms with Crippen LogP contribution in [0.3, 0.4) is 0 Å². The third kappa shape index (κ3) is 1.16. The van der Waals surface area contributed by atoms with Gasteiger partial charge in [-0.25, -0.2) is 4.79 Å². The first kappa shape index (κ1) is 6.81. The molecule has 0 aliphatic heterocycles. The Labute approximate surface area is 57.6 Å². The van der Waals surface area contributed by atoms with Crippen LogP contribution in [-0.4, -0.2) is 22.3 Å². The number of carbonyl (C=O) groups is 1. The number of carboxylic acid groups (broad SMARTS) is 1. The molecule has 52 valence electrons. The number of hydrogen-bond acceptors (Lipinski definition) is 2. The Kier molecular flexibility index (Phi) is 1.71. The predicted octanol–water partition coefficient (Wildman–Crippen LogP) is 0.0832. The zero-order chi connectivity index (χ0) is 7.56. The lowest BCUT2D eigenvalue weighted by Gasteiger charge is -2.05. The van der Waals surface area contributed by atoms with Gasteiger partial charge in [-0.1, -0.05) is 0 Å². The fourth-order valence-electron chi connectivity index (χ4n) is 0.671. The van der Waals surface area contributed by atoms with Gasteiger partial charge >= 0.3 is 5.97 Å². The molecule has 1 unspecified atom stereocenters. The zero-order valence-corrected chi connectivity index (χ0v) is 5.11. The maximum Gasteiger partial charge on any atom is 0.334 e. The topological polar surface area (TPSA) is 57.5 Å². The van der Waals surface area contributed by atoms with Crippen LogP contribution in [0.25, 0.3) is 0 Å². The molecule has 3 heteroatoms. The van der Waals surface area contributed by atoms with Crippen LogP contribution in [0, 0.1) is 0 Å². The fourth-order valence-corrected chi connectivity index (χ4v) is 0.671. The zero-order valence-electron chi connectivity index (χ0n) is 5.11. The minimum atomic E-state index is -1.10. The van der Waals surface area contributed by atoms with E-state index in [1.165, 1.54) is 18.2 Å². The Hall–Kier alpha value is -1.31. The van der Waals surface area contributed by atoms with Gasteiger partial charge in [-0.2, -0.15) is 0 Å². The molecule has 10 heavy (non-hydrogen) atoms. The van der Waals surface area contributed by atoms with E-state index in [2.05, 4.69) is 5.73 Å². The lowest BCUT2D eigenvalue weighted by molar-refractivity contribution is -0.133. The molecule has 1 aliphatic rings. The maximum absolute atomic E-state index is 10.3. The van der Waals surface area contributed by atoms with E-state index in [1.807, 2.05) is 0 Å². The number of aliphatic hydroxyl groups is 1. The van der Waals surface area contributed by atoms with E-state index < -0.39 is 12.1 Å². The molecular weight excluding hydrogens is 132 g/mol. The van der Waals surface area contributed by atoms with Gasteiger partial charge in [-0.05, 0) is 18.2 Å². The summed E-state index contributed by atoms with van der Waals surface area (Å²) >= 11 is 0. The molecule has 0 amide bonds. The summed E-state index contributed by atoms with van der Waals surface area (Å²) in [6.45, 7) is 0. The second-order valence-corrected chi connectivity index (χ2v) is 1.87. The summed E-state index contributed by atoms with van der Waals surface area (Å²) in [6.07, 6.45) is 3.06. The van der Waals surface area contributed by atoms with Crippen molar-refractivity contribution in [1.29, 1.82) is 0 Å². The highest BCUT2D eigenvalue weighted by atomic mass is 16.4. The van der Waals surface area contributed by atoms with Gasteiger partial charge in [0, 0.05) is 0 Å². The van der Waals surface area contributed by atoms with Crippen molar-refractivity contribution in [2.45, 2.75) is 6.10 Å². The number of carboxylic acids is 1. The van der Waals surface area contributed by atoms with Crippen molar-refractivity contribution in [2.24, 2.45) is 0 Å². The molecule has 2 N–H and O–H groups in total. The number of allylic oxidation sites excluding steroid dienone is 1. The summed E-state index contributed by atoms with van der Waals surface area (Å²) in [7, 11) is 0. The standard InChI is InChI=1S/C7H6O3/c8-6-4-2-1-3-5(6)7(9)10/h1,3-4,6,8H,(H,9,10). The maximum atomic E-state index is 10.3. The molecular formula is C7H6O3. The molecule has 0 radical (unpaired) electrons. The van der Waals surface area contributed by atoms with Crippen molar-refractivity contribution >= 4 is 5.97 Å². The summed E-state index contributed by atoms with van der Waals surface area (Å²) < 4.78 is 0. The Morgan fingerprint density at radius 3 is 2.80 bits per heavy atom. The van der Waals surface area contributed by atoms with Crippen molar-refractivity contribution in [1.82, 2.24) is 0 Å². The van der Waals surface area contributed by atoms with Gasteiger partial charge in [-0.15, -0.1) is 5.73 Å². The third-order valence-electron chi connectivity index (χ3n) is 1.18. The summed E-state index contributed by atoms with van der Waals surface area (Å²) in [5, 5.41) is 17.4. The lowest BCUT2D eigenvalue weighted by atomic mass is 10.1. The number of hydrogen-bond donors (Lipinski definition) is 2. The second-order valence-electron chi connectivity index (χ2n) is 1.87. The smallest absolute Gasteiger partial charge is 0.334 e. The van der Waals surface area contributed by atoms with Crippen molar-refractivity contribution in [3.63, 3.8) is 0 Å². The SMILES string of the molecule is O=C(O)C1=CC=C=CC1O. The van der Waals surface area contributed by atoms with Crippen LogP contribution in [0.4, 0.5) is 0 Å². The minimum Gasteiger partial charge on any atom is -0.478 e. The van der Waals surface area contributed by atoms with E-state index in [9.17, 15) is 4.79 Å². The van der Waals surface area contributed by atoms with Gasteiger partial charge in [0.15, 0.2) is 0 Å². The Bertz CT molecular complexity index is 244. The van der Waals surface area contributed by atoms with Gasteiger partial charge in [0.25, 0.3) is 0 Å². The first-order valence-corrected chi connectivity index (χ1v) is 2.76. The molecule has 0 aromatic rings. The summed E-state index contributed by atoms with van der Waals surface area (Å²) in [5.41, 5.74) is 2.56. The summed E-state index contributed by atoms with van der Waals surface area (Å²) in [4.78, 5) is 10.3. The van der Waals surface area contributed by atoms with Crippen LogP contribution in [-0.2, 0) is 4.79 Å². The Balaban J connectivity index is 2.91. The van der Waals surface area contributed by atoms with Gasteiger partial charge in [0.05, 0.1) is 5.57 Å². The molecule has 0 saturated carbocycles. The minimum absolute atomic E-state index is 0.0150. The van der Waals surface area contributed by atoms with E-state index in [0.29, 0.717) is 0 Å². The average molecular weight is 138 g/mol. The van der Waals surface area contributed by atoms with Crippen LogP contribution < -0.4 is 0 Å². The predicted molar refractivity (Wildman–Crippen MR) is 34.4 cm³/mol. The first-order valence-electron chi connectivity index (χ1n) is 2.76. The lowest BCUT2D eigenvalue weighted by Crippen LogP contribution is -2.15. The van der Waals surface area contributed by atoms with E-state index in [4.69, 9.17) is 10.2 Å². The molecule has 0 aromatic heterocycles. The van der Waals surface area contributed by atoms with Crippen LogP contribution in [0.15, 0.2) is 29.5 Å². The average Bonchev–Trinajstić information content (AvgIpc) is 1.88. The van der Waals surface area contributed by atoms with Gasteiger partial charge < -0.3 is 10.2 Å². The molecule has 0 aromatic carbocycles. The van der Waals surface area contributed by atoms with E-state index in [0.717, 1.165) is 0 Å². The van der Waals surface area contributed by atoms with E-state index in [1.54, 1.807) is 0 Å². The summed E-state index contributed by atoms with van der Waals surface area (Å²) in [5.74, 6) is -1.10. The molecule has 1 aliphatic carbocycles. The number of aliphatic carboxylic acids is 1. The third-order valence-corrected chi connectivity index (χ3v) is 1.18. The van der Waals surface area contributed by atoms with Crippen LogP contribution in [0.5, 0.6) is 0 Å². The fraction of sp³-hybridized carbons (Fsp3) is 0.143. The van der Waals surface area contributed by atoms with Crippen LogP contribution >= 0.6 is 0 Å². The van der Waals surface area contributed by atoms with E-state index >= 15 is 0 Å². The number of aliphatic hydroxyl groups excluding tert-OH is 1. The van der Waals surface area contributed by atoms with Crippen LogP contribution in [0.1, 0.15) is 0 Å². The molecule has 0 bridgehead atoms. The van der Waals surface area contributed by atoms with Crippen molar-refractivity contribution < 1.29 is 15.0 Å². The van der Waals surface area contributed by atoms with Gasteiger partial charge in [0.2, 0.25) is 0 Å². The monoisotopic (exact) mass is 138 g/mol. The number of rotatable bonds is 1. The molecule has 0 heterocycles. The van der Waals surface area contributed by atoms with Gasteiger partial charge in [0.1, 0.15) is 6.10 Å². The quantitative estimate of drug-likeness (QED) is 0.504. The summed E-state index contributed by atoms with van der Waals surface area (Å²) in [6, 6.07) is 0. The van der Waals surface area contributed by atoms with Crippen LogP contribution in [0.2, 0.25) is 0 Å². The highest BCUT2D eigenvalue weighted by Gasteiger charge is 2.15. The largest absolute Gasteiger partial charge is 0.478 e. The highest BCUT2D eigenvalue weighted by Crippen LogP contribution is 2.07. The van der Waals surface area contributed by atoms with Gasteiger partial charge in [-0.3, -0.25) is 0 Å². The van der Waals surface area contributed by atoms with Crippen molar-refractivity contribution in [3.8, 4) is 0 Å². The molecule has 3 nitrogen and oxygen atoms in total. The molecule has 0 spiro atoms. The van der Waals surface area contributed by atoms with Crippen molar-refractivity contribution in [3.05, 3.63) is 29.5 Å². The normalized spacial score (nSPS) is 22.5. The highest BCUT2D eigenvalue weighted by molar-refractivity contribution is 5.88. The molecule has 0 fully saturated rings. The van der Waals surface area contributed by atoms with E-state index in [-0.39, 0.29) is 5.57 Å². The Morgan fingerprint density at radius 1 is 1.70 bits per heavy atom. The first-order chi connectivity index (χ1) is 4.72. The second kappa shape index (κ2) is 2.52. The Morgan fingerprint density at radius 2 is 2.40 bits per heavy atom. The molecule has 1 atom stereocenters. The van der Waals surface area contributed by atoms with Crippen molar-refractivity contribution in [2.75, 3.05) is 0 Å².